The molecule has 0 unspecified atom stereocenters. The number of aliphatic carboxylic acids is 1. The minimum Gasteiger partial charge on any atom is -0.481 e. The summed E-state index contributed by atoms with van der Waals surface area (Å²) < 4.78 is 15.5. The molecule has 4 aliphatic carbocycles. The molecule has 6 rings (SSSR count). The van der Waals surface area contributed by atoms with E-state index in [1.165, 1.54) is 5.57 Å². The van der Waals surface area contributed by atoms with Crippen molar-refractivity contribution in [3.8, 4) is 0 Å². The van der Waals surface area contributed by atoms with Crippen molar-refractivity contribution in [2.24, 2.45) is 62.4 Å². The van der Waals surface area contributed by atoms with Crippen LogP contribution in [0.4, 0.5) is 0 Å². The molecule has 0 radical (unpaired) electrons. The second kappa shape index (κ2) is 10.3. The Hall–Kier alpha value is -1.84. The highest BCUT2D eigenvalue weighted by atomic mass is 16.5. The van der Waals surface area contributed by atoms with Crippen LogP contribution in [0.15, 0.2) is 18.0 Å². The largest absolute Gasteiger partial charge is 0.481 e. The lowest BCUT2D eigenvalue weighted by Gasteiger charge is -2.71. The third-order valence-corrected chi connectivity index (χ3v) is 14.4. The number of fused-ring (bicyclic) bond motifs is 3. The number of hydrogen-bond acceptors (Lipinski definition) is 7. The lowest BCUT2D eigenvalue weighted by molar-refractivity contribution is -0.253. The Bertz CT molecular complexity index is 1290. The summed E-state index contributed by atoms with van der Waals surface area (Å²) in [7, 11) is 0. The number of ether oxygens (including phenoxy) is 2. The molecule has 1 aromatic heterocycles. The number of nitrogens with two attached hydrogens (primary N) is 1. The molecule has 5 aliphatic rings. The molecule has 2 bridgehead atoms. The maximum atomic E-state index is 13.4. The molecule has 1 aliphatic heterocycles. The topological polar surface area (TPSA) is 125 Å². The van der Waals surface area contributed by atoms with Gasteiger partial charge in [0, 0.05) is 11.0 Å². The molecule has 1 saturated heterocycles. The van der Waals surface area contributed by atoms with E-state index in [9.17, 15) is 9.90 Å². The number of allylic oxidation sites excluding steroid dienone is 1. The smallest absolute Gasteiger partial charge is 0.307 e. The Labute approximate surface area is 264 Å². The van der Waals surface area contributed by atoms with E-state index in [0.29, 0.717) is 37.6 Å². The molecule has 4 fully saturated rings. The van der Waals surface area contributed by atoms with Crippen LogP contribution >= 0.6 is 0 Å². The van der Waals surface area contributed by atoms with Gasteiger partial charge in [-0.15, -0.1) is 5.10 Å². The lowest BCUT2D eigenvalue weighted by atomic mass is 9.34. The highest BCUT2D eigenvalue weighted by Gasteiger charge is 2.72. The van der Waals surface area contributed by atoms with Crippen LogP contribution in [0.5, 0.6) is 0 Å². The Balaban J connectivity index is 1.51. The second-order valence-corrected chi connectivity index (χ2v) is 17.7. The third-order valence-electron chi connectivity index (χ3n) is 14.4. The normalized spacial score (nSPS) is 46.0. The second-order valence-electron chi connectivity index (χ2n) is 17.7. The summed E-state index contributed by atoms with van der Waals surface area (Å²) in [6.07, 6.45) is 9.74. The summed E-state index contributed by atoms with van der Waals surface area (Å²) in [4.78, 5) is 13.4. The highest BCUT2D eigenvalue weighted by molar-refractivity contribution is 5.73. The summed E-state index contributed by atoms with van der Waals surface area (Å²) >= 11 is 0. The molecule has 9 heteroatoms. The van der Waals surface area contributed by atoms with E-state index in [-0.39, 0.29) is 45.1 Å². The van der Waals surface area contributed by atoms with Crippen LogP contribution in [0, 0.1) is 56.7 Å². The number of carboxylic acid groups (broad SMARTS) is 1. The highest BCUT2D eigenvalue weighted by Crippen LogP contribution is 2.75. The summed E-state index contributed by atoms with van der Waals surface area (Å²) in [5, 5.41) is 23.5. The standard InChI is InChI=1S/C35H57N5O4/c1-21(2)22(3)32(7)14-15-33(8)23-10-11-26-31(6)16-25(40-20-37-38-39-40)28(44-17-30(4,5)36)35(26,19-43-18-31)24(23)12-13-34(33,9)27(32)29(41)42/h12,20-23,25-28H,10-11,13-19,36H2,1-9H3,(H,41,42)/t22-,23+,25-,26-,27-,28+,31-,32-,33-,34+,35+/m1/s1. The molecule has 1 aromatic rings. The Morgan fingerprint density at radius 2 is 1.89 bits per heavy atom. The monoisotopic (exact) mass is 611 g/mol. The van der Waals surface area contributed by atoms with E-state index in [1.54, 1.807) is 6.33 Å². The Morgan fingerprint density at radius 3 is 2.50 bits per heavy atom. The number of carboxylic acids is 1. The van der Waals surface area contributed by atoms with Crippen LogP contribution in [0.25, 0.3) is 0 Å². The number of nitrogens with zero attached hydrogens (tertiary/aromatic N) is 4. The van der Waals surface area contributed by atoms with Gasteiger partial charge >= 0.3 is 5.97 Å². The zero-order chi connectivity index (χ0) is 32.1. The van der Waals surface area contributed by atoms with Crippen molar-refractivity contribution in [3.05, 3.63) is 18.0 Å². The van der Waals surface area contributed by atoms with Crippen LogP contribution in [-0.4, -0.2) is 62.7 Å². The first-order valence-electron chi connectivity index (χ1n) is 17.1. The van der Waals surface area contributed by atoms with Crippen molar-refractivity contribution < 1.29 is 19.4 Å². The first-order valence-corrected chi connectivity index (χ1v) is 17.1. The van der Waals surface area contributed by atoms with Gasteiger partial charge in [-0.1, -0.05) is 60.1 Å². The van der Waals surface area contributed by atoms with Gasteiger partial charge in [-0.05, 0) is 108 Å². The van der Waals surface area contributed by atoms with Crippen LogP contribution in [-0.2, 0) is 14.3 Å². The summed E-state index contributed by atoms with van der Waals surface area (Å²) in [6, 6.07) is -0.0495. The fraction of sp³-hybridized carbons (Fsp3) is 0.886. The quantitative estimate of drug-likeness (QED) is 0.364. The molecule has 3 N–H and O–H groups in total. The average Bonchev–Trinajstić information content (AvgIpc) is 3.46. The molecule has 0 spiro atoms. The number of carbonyl (C=O) groups is 1. The molecule has 11 atom stereocenters. The fourth-order valence-electron chi connectivity index (χ4n) is 11.7. The fourth-order valence-corrected chi connectivity index (χ4v) is 11.7. The van der Waals surface area contributed by atoms with Crippen LogP contribution in [0.2, 0.25) is 0 Å². The number of tetrazole rings is 1. The molecule has 44 heavy (non-hydrogen) atoms. The van der Waals surface area contributed by atoms with Gasteiger partial charge in [-0.2, -0.15) is 0 Å². The van der Waals surface area contributed by atoms with Gasteiger partial charge in [0.25, 0.3) is 0 Å². The Kier molecular flexibility index (Phi) is 7.54. The van der Waals surface area contributed by atoms with Crippen molar-refractivity contribution in [2.75, 3.05) is 19.8 Å². The summed E-state index contributed by atoms with van der Waals surface area (Å²) in [5.74, 6) is 0.332. The van der Waals surface area contributed by atoms with Gasteiger partial charge in [0.05, 0.1) is 37.9 Å². The maximum absolute atomic E-state index is 13.4. The maximum Gasteiger partial charge on any atom is 0.307 e. The number of aromatic nitrogens is 4. The van der Waals surface area contributed by atoms with Crippen molar-refractivity contribution in [1.29, 1.82) is 0 Å². The van der Waals surface area contributed by atoms with E-state index < -0.39 is 17.4 Å². The molecular formula is C35H57N5O4. The van der Waals surface area contributed by atoms with Gasteiger partial charge in [0.2, 0.25) is 0 Å². The predicted octanol–water partition coefficient (Wildman–Crippen LogP) is 5.93. The summed E-state index contributed by atoms with van der Waals surface area (Å²) in [6.45, 7) is 21.9. The molecular weight excluding hydrogens is 554 g/mol. The van der Waals surface area contributed by atoms with Crippen LogP contribution in [0.1, 0.15) is 107 Å². The number of rotatable bonds is 7. The van der Waals surface area contributed by atoms with Gasteiger partial charge in [0.15, 0.2) is 0 Å². The number of hydrogen-bond donors (Lipinski definition) is 2. The van der Waals surface area contributed by atoms with Crippen molar-refractivity contribution in [2.45, 2.75) is 119 Å². The molecule has 9 nitrogen and oxygen atoms in total. The molecule has 0 amide bonds. The van der Waals surface area contributed by atoms with E-state index >= 15 is 0 Å². The molecule has 0 aromatic carbocycles. The molecule has 246 valence electrons. The average molecular weight is 612 g/mol. The van der Waals surface area contributed by atoms with Crippen molar-refractivity contribution in [3.63, 3.8) is 0 Å². The minimum atomic E-state index is -0.631. The SMILES string of the molecule is CC(C)[C@@H](C)[C@@]1(C)CC[C@]2(C)[C@H]3CC[C@@H]4[C@@]5(C)COC[C@@]4(C3=CC[C@@]2(C)[C@@H]1C(=O)O)[C@@H](OCC(C)(C)N)[C@H](n1cnnn1)C5. The van der Waals surface area contributed by atoms with Gasteiger partial charge in [0.1, 0.15) is 6.33 Å². The first-order chi connectivity index (χ1) is 20.4. The van der Waals surface area contributed by atoms with Gasteiger partial charge < -0.3 is 20.3 Å². The molecule has 3 saturated carbocycles. The molecule has 2 heterocycles. The van der Waals surface area contributed by atoms with Gasteiger partial charge in [-0.25, -0.2) is 4.68 Å². The minimum absolute atomic E-state index is 0.0495. The van der Waals surface area contributed by atoms with E-state index in [0.717, 1.165) is 38.5 Å². The van der Waals surface area contributed by atoms with E-state index in [2.05, 4.69) is 70.1 Å². The van der Waals surface area contributed by atoms with Gasteiger partial charge in [-0.3, -0.25) is 4.79 Å². The summed E-state index contributed by atoms with van der Waals surface area (Å²) in [5.41, 5.74) is 6.27. The van der Waals surface area contributed by atoms with E-state index in [1.807, 2.05) is 18.5 Å². The predicted molar refractivity (Wildman–Crippen MR) is 168 cm³/mol. The lowest BCUT2D eigenvalue weighted by Crippen LogP contribution is -2.70. The first kappa shape index (κ1) is 32.1. The van der Waals surface area contributed by atoms with Crippen molar-refractivity contribution in [1.82, 2.24) is 20.2 Å². The van der Waals surface area contributed by atoms with Crippen LogP contribution in [0.3, 0.4) is 0 Å². The third kappa shape index (κ3) is 4.34. The van der Waals surface area contributed by atoms with Crippen molar-refractivity contribution >= 4 is 5.97 Å². The zero-order valence-electron chi connectivity index (χ0n) is 28.6. The zero-order valence-corrected chi connectivity index (χ0v) is 28.6. The Morgan fingerprint density at radius 1 is 1.16 bits per heavy atom. The van der Waals surface area contributed by atoms with Crippen LogP contribution < -0.4 is 5.73 Å². The van der Waals surface area contributed by atoms with E-state index in [4.69, 9.17) is 15.2 Å².